The highest BCUT2D eigenvalue weighted by molar-refractivity contribution is 5.67. The van der Waals surface area contributed by atoms with Gasteiger partial charge in [-0.15, -0.1) is 9.46 Å². The minimum absolute atomic E-state index is 0.393. The van der Waals surface area contributed by atoms with Gasteiger partial charge in [-0.25, -0.2) is 4.98 Å². The van der Waals surface area contributed by atoms with Crippen LogP contribution in [0.15, 0.2) is 30.9 Å². The monoisotopic (exact) mass is 163 g/mol. The molecule has 0 radical (unpaired) electrons. The lowest BCUT2D eigenvalue weighted by Crippen LogP contribution is -2.40. The van der Waals surface area contributed by atoms with Crippen LogP contribution in [0.5, 0.6) is 0 Å². The summed E-state index contributed by atoms with van der Waals surface area (Å²) in [5.74, 6) is 0. The molecule has 0 aliphatic heterocycles. The third kappa shape index (κ3) is 0.914. The molecule has 12 heavy (non-hydrogen) atoms. The summed E-state index contributed by atoms with van der Waals surface area (Å²) in [5.41, 5.74) is 0.787. The van der Waals surface area contributed by atoms with E-state index in [1.165, 1.54) is 12.4 Å². The Kier molecular flexibility index (Phi) is 1.30. The van der Waals surface area contributed by atoms with Crippen LogP contribution in [-0.4, -0.2) is 4.98 Å². The first-order valence-corrected chi connectivity index (χ1v) is 3.34. The van der Waals surface area contributed by atoms with Crippen molar-refractivity contribution in [2.75, 3.05) is 0 Å². The van der Waals surface area contributed by atoms with Gasteiger partial charge in [-0.1, -0.05) is 0 Å². The number of rotatable bonds is 0. The Morgan fingerprint density at radius 3 is 3.00 bits per heavy atom. The Balaban J connectivity index is 2.89. The van der Waals surface area contributed by atoms with Gasteiger partial charge in [0.05, 0.1) is 0 Å². The Morgan fingerprint density at radius 1 is 1.33 bits per heavy atom. The van der Waals surface area contributed by atoms with Crippen LogP contribution < -0.4 is 9.46 Å². The van der Waals surface area contributed by atoms with E-state index in [4.69, 9.17) is 0 Å². The van der Waals surface area contributed by atoms with E-state index < -0.39 is 0 Å². The van der Waals surface area contributed by atoms with E-state index in [1.54, 1.807) is 12.1 Å². The molecule has 0 aliphatic rings. The van der Waals surface area contributed by atoms with E-state index in [1.807, 2.05) is 0 Å². The number of hydrogen-bond donors (Lipinski definition) is 0. The number of hydrogen-bond acceptors (Lipinski definition) is 3. The molecule has 0 atom stereocenters. The molecule has 0 saturated carbocycles. The highest BCUT2D eigenvalue weighted by atomic mass is 16.5. The quantitative estimate of drug-likeness (QED) is 0.388. The van der Waals surface area contributed by atoms with Crippen LogP contribution in [-0.2, 0) is 0 Å². The van der Waals surface area contributed by atoms with Crippen molar-refractivity contribution in [3.63, 3.8) is 0 Å². The summed E-state index contributed by atoms with van der Waals surface area (Å²) < 4.78 is 0.928. The molecule has 5 heteroatoms. The molecule has 0 aliphatic carbocycles. The summed E-state index contributed by atoms with van der Waals surface area (Å²) in [6.07, 6.45) is 3.69. The number of aromatic nitrogens is 3. The van der Waals surface area contributed by atoms with E-state index in [0.29, 0.717) is 20.5 Å². The molecule has 2 aromatic heterocycles. The molecule has 60 valence electrons. The van der Waals surface area contributed by atoms with Gasteiger partial charge in [-0.2, -0.15) is 0 Å². The Bertz CT molecular complexity index is 430. The molecular weight excluding hydrogens is 158 g/mol. The fourth-order valence-electron chi connectivity index (χ4n) is 1.01. The molecule has 2 aromatic rings. The van der Waals surface area contributed by atoms with Crippen LogP contribution in [0.4, 0.5) is 0 Å². The minimum atomic E-state index is 0.393. The van der Waals surface area contributed by atoms with Crippen molar-refractivity contribution in [1.82, 2.24) is 4.98 Å². The van der Waals surface area contributed by atoms with Gasteiger partial charge in [0.2, 0.25) is 11.7 Å². The predicted molar refractivity (Wildman–Crippen MR) is 39.7 cm³/mol. The summed E-state index contributed by atoms with van der Waals surface area (Å²) in [6.45, 7) is 0. The largest absolute Gasteiger partial charge is 0.614 e. The van der Waals surface area contributed by atoms with Gasteiger partial charge in [0, 0.05) is 12.3 Å². The number of fused-ring (bicyclic) bond motifs is 1. The van der Waals surface area contributed by atoms with Crippen LogP contribution in [0.25, 0.3) is 11.0 Å². The minimum Gasteiger partial charge on any atom is -0.614 e. The molecule has 2 rings (SSSR count). The summed E-state index contributed by atoms with van der Waals surface area (Å²) in [5, 5.41) is 21.8. The maximum absolute atomic E-state index is 11.1. The fraction of sp³-hybridized carbons (Fsp3) is 0. The van der Waals surface area contributed by atoms with Crippen molar-refractivity contribution in [2.24, 2.45) is 0 Å². The molecule has 0 aromatic carbocycles. The average molecular weight is 163 g/mol. The summed E-state index contributed by atoms with van der Waals surface area (Å²) >= 11 is 0. The van der Waals surface area contributed by atoms with Crippen molar-refractivity contribution in [2.45, 2.75) is 0 Å². The second kappa shape index (κ2) is 2.30. The Hall–Kier alpha value is -1.91. The topological polar surface area (TPSA) is 66.8 Å². The first-order valence-electron chi connectivity index (χ1n) is 3.34. The normalized spacial score (nSPS) is 10.3. The smallest absolute Gasteiger partial charge is 0.430 e. The van der Waals surface area contributed by atoms with Gasteiger partial charge >= 0.3 is 6.33 Å². The zero-order valence-corrected chi connectivity index (χ0v) is 6.04. The second-order valence-corrected chi connectivity index (χ2v) is 2.34. The lowest BCUT2D eigenvalue weighted by molar-refractivity contribution is -0.730. The van der Waals surface area contributed by atoms with Crippen molar-refractivity contribution in [3.8, 4) is 0 Å². The second-order valence-electron chi connectivity index (χ2n) is 2.34. The van der Waals surface area contributed by atoms with E-state index in [0.717, 1.165) is 6.33 Å². The Labute approximate surface area is 67.7 Å². The summed E-state index contributed by atoms with van der Waals surface area (Å²) in [4.78, 5) is 3.86. The van der Waals surface area contributed by atoms with Crippen LogP contribution in [0, 0.1) is 10.4 Å². The molecular formula is C7H5N3O2. The maximum atomic E-state index is 11.1. The Morgan fingerprint density at radius 2 is 2.17 bits per heavy atom. The van der Waals surface area contributed by atoms with Crippen LogP contribution in [0.2, 0.25) is 0 Å². The SMILES string of the molecule is [O-][n+]1cc2ncccc2[n+]([O-])c1. The van der Waals surface area contributed by atoms with Crippen molar-refractivity contribution in [1.29, 1.82) is 0 Å². The van der Waals surface area contributed by atoms with Crippen molar-refractivity contribution >= 4 is 11.0 Å². The third-order valence-corrected chi connectivity index (χ3v) is 1.52. The van der Waals surface area contributed by atoms with E-state index in [9.17, 15) is 10.4 Å². The van der Waals surface area contributed by atoms with Gasteiger partial charge in [0.25, 0.3) is 5.52 Å². The van der Waals surface area contributed by atoms with Crippen LogP contribution in [0.1, 0.15) is 0 Å². The lowest BCUT2D eigenvalue weighted by atomic mass is 10.4. The van der Waals surface area contributed by atoms with E-state index >= 15 is 0 Å². The third-order valence-electron chi connectivity index (χ3n) is 1.52. The molecule has 0 amide bonds. The molecule has 0 bridgehead atoms. The molecule has 0 unspecified atom stereocenters. The van der Waals surface area contributed by atoms with Gasteiger partial charge in [-0.3, -0.25) is 0 Å². The first kappa shape index (κ1) is 6.78. The lowest BCUT2D eigenvalue weighted by Gasteiger charge is -1.98. The number of nitrogens with zero attached hydrogens (tertiary/aromatic N) is 3. The zero-order chi connectivity index (χ0) is 8.55. The summed E-state index contributed by atoms with van der Waals surface area (Å²) in [7, 11) is 0. The number of pyridine rings is 1. The van der Waals surface area contributed by atoms with E-state index in [2.05, 4.69) is 4.98 Å². The standard InChI is InChI=1S/C7H5N3O2/c11-9-4-6-7(10(12)5-9)2-1-3-8-6/h1-5H. The van der Waals surface area contributed by atoms with Crippen LogP contribution >= 0.6 is 0 Å². The first-order chi connectivity index (χ1) is 5.77. The maximum Gasteiger partial charge on any atom is 0.430 e. The van der Waals surface area contributed by atoms with Crippen LogP contribution in [0.3, 0.4) is 0 Å². The fourth-order valence-corrected chi connectivity index (χ4v) is 1.01. The molecule has 0 saturated heterocycles. The van der Waals surface area contributed by atoms with Gasteiger partial charge in [0.15, 0.2) is 0 Å². The molecule has 0 spiro atoms. The van der Waals surface area contributed by atoms with Crippen molar-refractivity contribution < 1.29 is 9.46 Å². The molecule has 0 fully saturated rings. The van der Waals surface area contributed by atoms with Gasteiger partial charge in [0.1, 0.15) is 0 Å². The molecule has 2 heterocycles. The van der Waals surface area contributed by atoms with Crippen molar-refractivity contribution in [3.05, 3.63) is 41.3 Å². The predicted octanol–water partition coefficient (Wildman–Crippen LogP) is -0.498. The van der Waals surface area contributed by atoms with Gasteiger partial charge in [-0.05, 0) is 6.07 Å². The summed E-state index contributed by atoms with van der Waals surface area (Å²) in [6, 6.07) is 3.25. The van der Waals surface area contributed by atoms with Gasteiger partial charge < -0.3 is 10.4 Å². The zero-order valence-electron chi connectivity index (χ0n) is 6.04. The average Bonchev–Trinajstić information content (AvgIpc) is 2.04. The highest BCUT2D eigenvalue weighted by Gasteiger charge is 2.07. The molecule has 5 nitrogen and oxygen atoms in total. The highest BCUT2D eigenvalue weighted by Crippen LogP contribution is 2.00. The molecule has 0 N–H and O–H groups in total. The van der Waals surface area contributed by atoms with E-state index in [-0.39, 0.29) is 0 Å².